The number of methoxy groups -OCH3 is 1. The average molecular weight is 515 g/mol. The highest BCUT2D eigenvalue weighted by atomic mass is 16.6. The molecular weight excluding hydrogens is 472 g/mol. The smallest absolute Gasteiger partial charge is 0.410 e. The van der Waals surface area contributed by atoms with Crippen LogP contribution in [0.1, 0.15) is 40.0 Å². The lowest BCUT2D eigenvalue weighted by Crippen LogP contribution is -2.50. The highest BCUT2D eigenvalue weighted by Gasteiger charge is 2.28. The number of ether oxygens (including phenoxy) is 3. The molecule has 2 fully saturated rings. The van der Waals surface area contributed by atoms with Crippen molar-refractivity contribution in [3.05, 3.63) is 12.1 Å². The Hall–Kier alpha value is -3.01. The summed E-state index contributed by atoms with van der Waals surface area (Å²) in [6.07, 6.45) is 3.29. The predicted octanol–water partition coefficient (Wildman–Crippen LogP) is 3.63. The van der Waals surface area contributed by atoms with Gasteiger partial charge in [0, 0.05) is 58.3 Å². The van der Waals surface area contributed by atoms with Crippen molar-refractivity contribution < 1.29 is 19.0 Å². The summed E-state index contributed by atoms with van der Waals surface area (Å²) >= 11 is 0. The second kappa shape index (κ2) is 11.6. The van der Waals surface area contributed by atoms with Crippen molar-refractivity contribution in [2.75, 3.05) is 83.4 Å². The number of nitrogens with zero attached hydrogens (tertiary/aromatic N) is 6. The molecule has 0 aliphatic carbocycles. The van der Waals surface area contributed by atoms with Crippen LogP contribution in [0.25, 0.3) is 10.9 Å². The SMILES string of the molecule is COc1cc2c(N3CCN(C(=O)OC(C)(C)C)CC3)nc(N(C)C)nc2cc1OCCCN1CCCC1. The minimum atomic E-state index is -0.512. The zero-order chi connectivity index (χ0) is 26.6. The molecule has 2 saturated heterocycles. The molecule has 204 valence electrons. The summed E-state index contributed by atoms with van der Waals surface area (Å²) in [6.45, 7) is 12.1. The van der Waals surface area contributed by atoms with Crippen molar-refractivity contribution in [1.82, 2.24) is 19.8 Å². The number of fused-ring (bicyclic) bond motifs is 1. The largest absolute Gasteiger partial charge is 0.493 e. The molecule has 2 aliphatic rings. The van der Waals surface area contributed by atoms with E-state index in [1.807, 2.05) is 51.9 Å². The van der Waals surface area contributed by atoms with Gasteiger partial charge >= 0.3 is 6.09 Å². The minimum Gasteiger partial charge on any atom is -0.493 e. The van der Waals surface area contributed by atoms with Crippen molar-refractivity contribution in [3.63, 3.8) is 0 Å². The molecule has 0 saturated carbocycles. The van der Waals surface area contributed by atoms with E-state index >= 15 is 0 Å². The summed E-state index contributed by atoms with van der Waals surface area (Å²) in [5.74, 6) is 2.82. The lowest BCUT2D eigenvalue weighted by molar-refractivity contribution is 0.0240. The van der Waals surface area contributed by atoms with Crippen LogP contribution in [0.3, 0.4) is 0 Å². The van der Waals surface area contributed by atoms with Crippen LogP contribution in [0.5, 0.6) is 11.5 Å². The lowest BCUT2D eigenvalue weighted by atomic mass is 10.1. The van der Waals surface area contributed by atoms with Gasteiger partial charge in [-0.2, -0.15) is 4.98 Å². The van der Waals surface area contributed by atoms with E-state index < -0.39 is 5.60 Å². The topological polar surface area (TPSA) is 83.5 Å². The Labute approximate surface area is 220 Å². The first-order chi connectivity index (χ1) is 17.6. The number of rotatable bonds is 8. The molecule has 3 heterocycles. The van der Waals surface area contributed by atoms with Crippen LogP contribution in [-0.2, 0) is 4.74 Å². The quantitative estimate of drug-likeness (QED) is 0.491. The molecule has 37 heavy (non-hydrogen) atoms. The highest BCUT2D eigenvalue weighted by molar-refractivity contribution is 5.93. The molecule has 4 rings (SSSR count). The summed E-state index contributed by atoms with van der Waals surface area (Å²) in [6, 6.07) is 3.93. The first-order valence-electron chi connectivity index (χ1n) is 13.3. The van der Waals surface area contributed by atoms with Gasteiger partial charge in [-0.3, -0.25) is 0 Å². The van der Waals surface area contributed by atoms with E-state index in [0.717, 1.165) is 29.7 Å². The number of hydrogen-bond acceptors (Lipinski definition) is 9. The number of carbonyl (C=O) groups excluding carboxylic acids is 1. The zero-order valence-corrected chi connectivity index (χ0v) is 23.2. The third-order valence-electron chi connectivity index (χ3n) is 6.66. The standard InChI is InChI=1S/C27H42N6O4/c1-27(2,3)37-26(34)33-15-13-32(14-16-33)24-20-18-22(35-6)23(19-21(20)28-25(29-24)30(4)5)36-17-9-12-31-10-7-8-11-31/h18-19H,7-17H2,1-6H3. The molecule has 10 heteroatoms. The highest BCUT2D eigenvalue weighted by Crippen LogP contribution is 2.36. The summed E-state index contributed by atoms with van der Waals surface area (Å²) < 4.78 is 17.4. The normalized spacial score (nSPS) is 16.8. The Bertz CT molecular complexity index is 1070. The van der Waals surface area contributed by atoms with Crippen molar-refractivity contribution in [3.8, 4) is 11.5 Å². The zero-order valence-electron chi connectivity index (χ0n) is 23.2. The van der Waals surface area contributed by atoms with Crippen LogP contribution in [0.2, 0.25) is 0 Å². The van der Waals surface area contributed by atoms with Crippen LogP contribution in [0.15, 0.2) is 12.1 Å². The maximum absolute atomic E-state index is 12.5. The van der Waals surface area contributed by atoms with Gasteiger partial charge in [-0.15, -0.1) is 0 Å². The summed E-state index contributed by atoms with van der Waals surface area (Å²) in [7, 11) is 5.53. The van der Waals surface area contributed by atoms with E-state index in [0.29, 0.717) is 50.2 Å². The second-order valence-corrected chi connectivity index (χ2v) is 11.0. The van der Waals surface area contributed by atoms with Gasteiger partial charge in [-0.1, -0.05) is 0 Å². The van der Waals surface area contributed by atoms with Gasteiger partial charge < -0.3 is 33.8 Å². The Balaban J connectivity index is 1.53. The van der Waals surface area contributed by atoms with Gasteiger partial charge in [-0.05, 0) is 59.2 Å². The van der Waals surface area contributed by atoms with Gasteiger partial charge in [0.1, 0.15) is 11.4 Å². The molecule has 0 N–H and O–H groups in total. The molecule has 0 radical (unpaired) electrons. The molecular formula is C27H42N6O4. The number of amides is 1. The molecule has 0 spiro atoms. The molecule has 0 unspecified atom stereocenters. The summed E-state index contributed by atoms with van der Waals surface area (Å²) in [4.78, 5) is 30.6. The fourth-order valence-electron chi connectivity index (χ4n) is 4.73. The lowest BCUT2D eigenvalue weighted by Gasteiger charge is -2.36. The number of piperazine rings is 1. The molecule has 2 aromatic rings. The fraction of sp³-hybridized carbons (Fsp3) is 0.667. The predicted molar refractivity (Wildman–Crippen MR) is 146 cm³/mol. The van der Waals surface area contributed by atoms with E-state index in [2.05, 4.69) is 9.80 Å². The Morgan fingerprint density at radius 2 is 1.70 bits per heavy atom. The average Bonchev–Trinajstić information content (AvgIpc) is 3.38. The Kier molecular flexibility index (Phi) is 8.46. The molecule has 0 bridgehead atoms. The van der Waals surface area contributed by atoms with E-state index in [4.69, 9.17) is 24.2 Å². The number of anilines is 2. The van der Waals surface area contributed by atoms with Crippen LogP contribution in [0, 0.1) is 0 Å². The van der Waals surface area contributed by atoms with Crippen LogP contribution < -0.4 is 19.3 Å². The van der Waals surface area contributed by atoms with E-state index in [9.17, 15) is 4.79 Å². The number of hydrogen-bond donors (Lipinski definition) is 0. The third kappa shape index (κ3) is 6.85. The maximum atomic E-state index is 12.5. The van der Waals surface area contributed by atoms with E-state index in [-0.39, 0.29) is 6.09 Å². The van der Waals surface area contributed by atoms with Crippen molar-refractivity contribution in [1.29, 1.82) is 0 Å². The third-order valence-corrected chi connectivity index (χ3v) is 6.66. The Morgan fingerprint density at radius 3 is 2.32 bits per heavy atom. The number of likely N-dealkylation sites (tertiary alicyclic amines) is 1. The van der Waals surface area contributed by atoms with Gasteiger partial charge in [0.05, 0.1) is 19.2 Å². The van der Waals surface area contributed by atoms with E-state index in [1.165, 1.54) is 25.9 Å². The van der Waals surface area contributed by atoms with Crippen molar-refractivity contribution >= 4 is 28.8 Å². The number of carbonyl (C=O) groups is 1. The first kappa shape index (κ1) is 27.0. The Morgan fingerprint density at radius 1 is 1.00 bits per heavy atom. The molecule has 1 aromatic heterocycles. The van der Waals surface area contributed by atoms with Crippen molar-refractivity contribution in [2.45, 2.75) is 45.6 Å². The molecule has 1 aromatic carbocycles. The van der Waals surface area contributed by atoms with Crippen LogP contribution >= 0.6 is 0 Å². The molecule has 1 amide bonds. The van der Waals surface area contributed by atoms with Gasteiger partial charge in [-0.25, -0.2) is 9.78 Å². The van der Waals surface area contributed by atoms with Gasteiger partial charge in [0.2, 0.25) is 5.95 Å². The number of benzene rings is 1. The monoisotopic (exact) mass is 514 g/mol. The summed E-state index contributed by atoms with van der Waals surface area (Å²) in [5, 5.41) is 0.901. The van der Waals surface area contributed by atoms with Gasteiger partial charge in [0.25, 0.3) is 0 Å². The molecule has 10 nitrogen and oxygen atoms in total. The van der Waals surface area contributed by atoms with Crippen molar-refractivity contribution in [2.24, 2.45) is 0 Å². The minimum absolute atomic E-state index is 0.276. The maximum Gasteiger partial charge on any atom is 0.410 e. The second-order valence-electron chi connectivity index (χ2n) is 11.0. The molecule has 0 atom stereocenters. The van der Waals surface area contributed by atoms with Crippen LogP contribution in [-0.4, -0.2) is 105 Å². The van der Waals surface area contributed by atoms with E-state index in [1.54, 1.807) is 12.0 Å². The van der Waals surface area contributed by atoms with Crippen LogP contribution in [0.4, 0.5) is 16.6 Å². The first-order valence-corrected chi connectivity index (χ1v) is 13.3. The molecule has 2 aliphatic heterocycles. The summed E-state index contributed by atoms with van der Waals surface area (Å²) in [5.41, 5.74) is 0.293. The fourth-order valence-corrected chi connectivity index (χ4v) is 4.73. The van der Waals surface area contributed by atoms with Gasteiger partial charge in [0.15, 0.2) is 11.5 Å². The number of aromatic nitrogens is 2.